The summed E-state index contributed by atoms with van der Waals surface area (Å²) in [6, 6.07) is 11.8. The molecule has 0 atom stereocenters. The van der Waals surface area contributed by atoms with Gasteiger partial charge in [0, 0.05) is 4.90 Å². The van der Waals surface area contributed by atoms with E-state index in [1.54, 1.807) is 19.1 Å². The van der Waals surface area contributed by atoms with Crippen molar-refractivity contribution < 1.29 is 18.0 Å². The van der Waals surface area contributed by atoms with E-state index in [1.807, 2.05) is 0 Å². The predicted molar refractivity (Wildman–Crippen MR) is 92.3 cm³/mol. The van der Waals surface area contributed by atoms with Crippen molar-refractivity contribution in [2.45, 2.75) is 17.6 Å². The van der Waals surface area contributed by atoms with Gasteiger partial charge in [-0.05, 0) is 43.3 Å². The van der Waals surface area contributed by atoms with Crippen LogP contribution in [0.15, 0.2) is 53.4 Å². The molecule has 3 aromatic rings. The van der Waals surface area contributed by atoms with E-state index in [2.05, 4.69) is 15.4 Å². The van der Waals surface area contributed by atoms with Gasteiger partial charge in [0.2, 0.25) is 5.82 Å². The molecule has 0 aliphatic rings. The first-order valence-corrected chi connectivity index (χ1v) is 8.37. The van der Waals surface area contributed by atoms with Crippen LogP contribution in [0.2, 0.25) is 0 Å². The number of para-hydroxylation sites is 1. The number of amides is 1. The largest absolute Gasteiger partial charge is 0.318 e. The number of carbonyl (C=O) groups is 1. The first-order chi connectivity index (χ1) is 12.4. The van der Waals surface area contributed by atoms with Crippen LogP contribution in [0.5, 0.6) is 0 Å². The van der Waals surface area contributed by atoms with Crippen molar-refractivity contribution in [3.8, 4) is 5.69 Å². The molecule has 0 aliphatic heterocycles. The fourth-order valence-electron chi connectivity index (χ4n) is 2.26. The number of nitrogens with one attached hydrogen (secondary N) is 1. The maximum Gasteiger partial charge on any atom is 0.295 e. The van der Waals surface area contributed by atoms with E-state index in [4.69, 9.17) is 0 Å². The lowest BCUT2D eigenvalue weighted by atomic mass is 10.3. The Kier molecular flexibility index (Phi) is 5.27. The second kappa shape index (κ2) is 7.61. The van der Waals surface area contributed by atoms with E-state index in [-0.39, 0.29) is 16.4 Å². The van der Waals surface area contributed by atoms with Crippen molar-refractivity contribution in [1.29, 1.82) is 0 Å². The number of anilines is 1. The van der Waals surface area contributed by atoms with Crippen molar-refractivity contribution in [3.05, 3.63) is 66.0 Å². The van der Waals surface area contributed by atoms with Gasteiger partial charge in [-0.1, -0.05) is 23.9 Å². The molecule has 1 heterocycles. The van der Waals surface area contributed by atoms with Crippen molar-refractivity contribution in [3.63, 3.8) is 0 Å². The molecule has 1 N–H and O–H groups in total. The summed E-state index contributed by atoms with van der Waals surface area (Å²) in [6.07, 6.45) is 0. The molecule has 3 rings (SSSR count). The summed E-state index contributed by atoms with van der Waals surface area (Å²) in [5.41, 5.74) is 0.794. The maximum atomic E-state index is 13.0. The Morgan fingerprint density at radius 3 is 2.54 bits per heavy atom. The zero-order chi connectivity index (χ0) is 18.7. The van der Waals surface area contributed by atoms with Crippen molar-refractivity contribution in [2.24, 2.45) is 0 Å². The lowest BCUT2D eigenvalue weighted by molar-refractivity contribution is 0.101. The van der Waals surface area contributed by atoms with Gasteiger partial charge in [0.25, 0.3) is 11.7 Å². The van der Waals surface area contributed by atoms with E-state index in [1.165, 1.54) is 41.1 Å². The first kappa shape index (κ1) is 18.0. The average Bonchev–Trinajstić information content (AvgIpc) is 2.99. The lowest BCUT2D eigenvalue weighted by Gasteiger charge is -2.08. The van der Waals surface area contributed by atoms with Gasteiger partial charge in [0.1, 0.15) is 11.6 Å². The zero-order valence-corrected chi connectivity index (χ0v) is 14.3. The molecule has 0 spiro atoms. The van der Waals surface area contributed by atoms with Crippen LogP contribution in [-0.2, 0) is 0 Å². The van der Waals surface area contributed by atoms with Crippen LogP contribution >= 0.6 is 11.8 Å². The molecular formula is C17H13F3N4OS. The molecule has 5 nitrogen and oxygen atoms in total. The molecule has 26 heavy (non-hydrogen) atoms. The number of alkyl halides is 2. The summed E-state index contributed by atoms with van der Waals surface area (Å²) in [7, 11) is 0. The molecule has 0 aliphatic carbocycles. The highest BCUT2D eigenvalue weighted by molar-refractivity contribution is 7.99. The minimum absolute atomic E-state index is 0.122. The quantitative estimate of drug-likeness (QED) is 0.673. The van der Waals surface area contributed by atoms with E-state index in [0.29, 0.717) is 23.3 Å². The van der Waals surface area contributed by atoms with Crippen LogP contribution in [0, 0.1) is 12.7 Å². The van der Waals surface area contributed by atoms with Crippen LogP contribution in [-0.4, -0.2) is 26.4 Å². The molecule has 0 saturated carbocycles. The van der Waals surface area contributed by atoms with Gasteiger partial charge >= 0.3 is 0 Å². The Morgan fingerprint density at radius 2 is 1.85 bits per heavy atom. The van der Waals surface area contributed by atoms with E-state index in [9.17, 15) is 18.0 Å². The third-order valence-electron chi connectivity index (χ3n) is 3.39. The Hall–Kier alpha value is -2.81. The molecule has 2 aromatic carbocycles. The van der Waals surface area contributed by atoms with Gasteiger partial charge in [-0.2, -0.15) is 8.78 Å². The SMILES string of the molecule is Cc1nc(C(=O)Nc2ccccc2SC(F)F)nn1-c1ccc(F)cc1. The van der Waals surface area contributed by atoms with Crippen LogP contribution < -0.4 is 5.32 Å². The molecule has 0 bridgehead atoms. The highest BCUT2D eigenvalue weighted by Gasteiger charge is 2.18. The van der Waals surface area contributed by atoms with E-state index in [0.717, 1.165) is 0 Å². The molecule has 0 radical (unpaired) electrons. The monoisotopic (exact) mass is 378 g/mol. The summed E-state index contributed by atoms with van der Waals surface area (Å²) in [4.78, 5) is 16.7. The highest BCUT2D eigenvalue weighted by Crippen LogP contribution is 2.31. The standard InChI is InChI=1S/C17H13F3N4OS/c1-10-21-15(23-24(10)12-8-6-11(18)7-9-12)16(25)22-13-4-2-3-5-14(13)26-17(19)20/h2-9,17H,1H3,(H,22,25). The van der Waals surface area contributed by atoms with Gasteiger partial charge in [-0.25, -0.2) is 14.1 Å². The fourth-order valence-corrected chi connectivity index (χ4v) is 2.86. The smallest absolute Gasteiger partial charge is 0.295 e. The van der Waals surface area contributed by atoms with E-state index >= 15 is 0 Å². The summed E-state index contributed by atoms with van der Waals surface area (Å²) in [5.74, 6) is -3.32. The first-order valence-electron chi connectivity index (χ1n) is 7.49. The van der Waals surface area contributed by atoms with Gasteiger partial charge in [-0.3, -0.25) is 4.79 Å². The lowest BCUT2D eigenvalue weighted by Crippen LogP contribution is -2.15. The summed E-state index contributed by atoms with van der Waals surface area (Å²) in [6.45, 7) is 1.65. The molecule has 134 valence electrons. The van der Waals surface area contributed by atoms with Crippen molar-refractivity contribution in [1.82, 2.24) is 14.8 Å². The number of nitrogens with zero attached hydrogens (tertiary/aromatic N) is 3. The van der Waals surface area contributed by atoms with Crippen molar-refractivity contribution >= 4 is 23.4 Å². The van der Waals surface area contributed by atoms with Gasteiger partial charge in [-0.15, -0.1) is 5.10 Å². The van der Waals surface area contributed by atoms with Crippen molar-refractivity contribution in [2.75, 3.05) is 5.32 Å². The second-order valence-electron chi connectivity index (χ2n) is 5.20. The number of thioether (sulfide) groups is 1. The van der Waals surface area contributed by atoms with Crippen LogP contribution in [0.1, 0.15) is 16.4 Å². The number of benzene rings is 2. The molecule has 1 amide bonds. The molecular weight excluding hydrogens is 365 g/mol. The number of aryl methyl sites for hydroxylation is 1. The fraction of sp³-hybridized carbons (Fsp3) is 0.118. The average molecular weight is 378 g/mol. The highest BCUT2D eigenvalue weighted by atomic mass is 32.2. The Bertz CT molecular complexity index is 928. The number of hydrogen-bond acceptors (Lipinski definition) is 4. The molecule has 1 aromatic heterocycles. The molecule has 9 heteroatoms. The Labute approximate surface area is 151 Å². The number of rotatable bonds is 5. The number of hydrogen-bond donors (Lipinski definition) is 1. The normalized spacial score (nSPS) is 11.0. The predicted octanol–water partition coefficient (Wildman–Crippen LogP) is 4.28. The third-order valence-corrected chi connectivity index (χ3v) is 4.18. The van der Waals surface area contributed by atoms with Crippen LogP contribution in [0.25, 0.3) is 5.69 Å². The van der Waals surface area contributed by atoms with Gasteiger partial charge < -0.3 is 5.32 Å². The summed E-state index contributed by atoms with van der Waals surface area (Å²) < 4.78 is 39.7. The Morgan fingerprint density at radius 1 is 1.15 bits per heavy atom. The van der Waals surface area contributed by atoms with E-state index < -0.39 is 17.5 Å². The van der Waals surface area contributed by atoms with Crippen LogP contribution in [0.4, 0.5) is 18.9 Å². The minimum Gasteiger partial charge on any atom is -0.318 e. The summed E-state index contributed by atoms with van der Waals surface area (Å²) >= 11 is 0.339. The summed E-state index contributed by atoms with van der Waals surface area (Å²) in [5, 5.41) is 6.65. The van der Waals surface area contributed by atoms with Gasteiger partial charge in [0.05, 0.1) is 11.4 Å². The molecule has 0 fully saturated rings. The molecule has 0 saturated heterocycles. The minimum atomic E-state index is -2.61. The number of aromatic nitrogens is 3. The zero-order valence-electron chi connectivity index (χ0n) is 13.5. The number of halogens is 3. The van der Waals surface area contributed by atoms with Crippen LogP contribution in [0.3, 0.4) is 0 Å². The second-order valence-corrected chi connectivity index (χ2v) is 6.23. The van der Waals surface area contributed by atoms with Gasteiger partial charge in [0.15, 0.2) is 0 Å². The Balaban J connectivity index is 1.84. The third kappa shape index (κ3) is 4.05. The molecule has 0 unspecified atom stereocenters. The number of carbonyl (C=O) groups excluding carboxylic acids is 1. The maximum absolute atomic E-state index is 13.0. The topological polar surface area (TPSA) is 59.8 Å².